The molecule has 0 bridgehead atoms. The Hall–Kier alpha value is -0.120. The lowest BCUT2D eigenvalue weighted by atomic mass is 9.95. The van der Waals surface area contributed by atoms with E-state index in [2.05, 4.69) is 29.2 Å². The van der Waals surface area contributed by atoms with E-state index in [0.717, 1.165) is 12.1 Å². The normalized spacial score (nSPS) is 26.4. The van der Waals surface area contributed by atoms with Crippen LogP contribution < -0.4 is 5.32 Å². The fourth-order valence-corrected chi connectivity index (χ4v) is 3.71. The second-order valence-electron chi connectivity index (χ2n) is 6.74. The second-order valence-corrected chi connectivity index (χ2v) is 6.74. The Kier molecular flexibility index (Phi) is 6.62. The molecule has 0 spiro atoms. The SMILES string of the molecule is CN(C)CC1CCCN1CCCNC1CCCCC1. The Morgan fingerprint density at radius 2 is 1.84 bits per heavy atom. The Morgan fingerprint density at radius 1 is 1.05 bits per heavy atom. The van der Waals surface area contributed by atoms with Crippen LogP contribution in [0.15, 0.2) is 0 Å². The van der Waals surface area contributed by atoms with Crippen molar-refractivity contribution in [1.82, 2.24) is 15.1 Å². The Labute approximate surface area is 119 Å². The molecular weight excluding hydrogens is 234 g/mol. The number of rotatable bonds is 7. The predicted molar refractivity (Wildman–Crippen MR) is 82.6 cm³/mol. The molecule has 1 N–H and O–H groups in total. The molecule has 3 nitrogen and oxygen atoms in total. The standard InChI is InChI=1S/C16H33N3/c1-18(2)14-16-10-6-12-19(16)13-7-11-17-15-8-4-3-5-9-15/h15-17H,3-14H2,1-2H3. The molecule has 19 heavy (non-hydrogen) atoms. The van der Waals surface area contributed by atoms with Crippen LogP contribution in [0.25, 0.3) is 0 Å². The van der Waals surface area contributed by atoms with E-state index >= 15 is 0 Å². The van der Waals surface area contributed by atoms with Crippen LogP contribution in [0.3, 0.4) is 0 Å². The summed E-state index contributed by atoms with van der Waals surface area (Å²) < 4.78 is 0. The summed E-state index contributed by atoms with van der Waals surface area (Å²) in [5, 5.41) is 3.76. The van der Waals surface area contributed by atoms with Crippen molar-refractivity contribution in [3.8, 4) is 0 Å². The molecule has 1 saturated carbocycles. The van der Waals surface area contributed by atoms with E-state index in [1.54, 1.807) is 0 Å². The van der Waals surface area contributed by atoms with E-state index in [-0.39, 0.29) is 0 Å². The minimum Gasteiger partial charge on any atom is -0.314 e. The predicted octanol–water partition coefficient (Wildman–Crippen LogP) is 2.32. The van der Waals surface area contributed by atoms with Gasteiger partial charge in [-0.05, 0) is 65.8 Å². The summed E-state index contributed by atoms with van der Waals surface area (Å²) >= 11 is 0. The first-order chi connectivity index (χ1) is 9.25. The highest BCUT2D eigenvalue weighted by Crippen LogP contribution is 2.19. The summed E-state index contributed by atoms with van der Waals surface area (Å²) in [6.07, 6.45) is 11.3. The highest BCUT2D eigenvalue weighted by Gasteiger charge is 2.24. The molecule has 1 aliphatic carbocycles. The van der Waals surface area contributed by atoms with Crippen molar-refractivity contribution in [3.05, 3.63) is 0 Å². The molecule has 1 unspecified atom stereocenters. The third-order valence-corrected chi connectivity index (χ3v) is 4.74. The zero-order valence-electron chi connectivity index (χ0n) is 13.0. The highest BCUT2D eigenvalue weighted by molar-refractivity contribution is 4.81. The van der Waals surface area contributed by atoms with Crippen LogP contribution in [-0.4, -0.2) is 62.2 Å². The highest BCUT2D eigenvalue weighted by atomic mass is 15.2. The average molecular weight is 267 g/mol. The van der Waals surface area contributed by atoms with Gasteiger partial charge in [-0.3, -0.25) is 4.90 Å². The van der Waals surface area contributed by atoms with Crippen molar-refractivity contribution >= 4 is 0 Å². The zero-order chi connectivity index (χ0) is 13.5. The third-order valence-electron chi connectivity index (χ3n) is 4.74. The van der Waals surface area contributed by atoms with Crippen molar-refractivity contribution in [1.29, 1.82) is 0 Å². The van der Waals surface area contributed by atoms with Crippen LogP contribution in [0.4, 0.5) is 0 Å². The van der Waals surface area contributed by atoms with Gasteiger partial charge in [0, 0.05) is 18.6 Å². The molecule has 0 radical (unpaired) electrons. The van der Waals surface area contributed by atoms with Gasteiger partial charge in [-0.15, -0.1) is 0 Å². The van der Waals surface area contributed by atoms with Crippen LogP contribution in [0, 0.1) is 0 Å². The molecule has 0 aromatic carbocycles. The smallest absolute Gasteiger partial charge is 0.0223 e. The van der Waals surface area contributed by atoms with Gasteiger partial charge in [-0.25, -0.2) is 0 Å². The van der Waals surface area contributed by atoms with Gasteiger partial charge in [0.2, 0.25) is 0 Å². The molecule has 0 aromatic rings. The average Bonchev–Trinajstić information content (AvgIpc) is 2.82. The van der Waals surface area contributed by atoms with Crippen LogP contribution in [0.2, 0.25) is 0 Å². The van der Waals surface area contributed by atoms with Gasteiger partial charge in [0.15, 0.2) is 0 Å². The fourth-order valence-electron chi connectivity index (χ4n) is 3.71. The maximum absolute atomic E-state index is 3.76. The van der Waals surface area contributed by atoms with Crippen LogP contribution in [0.5, 0.6) is 0 Å². The minimum absolute atomic E-state index is 0.810. The molecule has 2 fully saturated rings. The molecular formula is C16H33N3. The van der Waals surface area contributed by atoms with Crippen LogP contribution >= 0.6 is 0 Å². The summed E-state index contributed by atoms with van der Waals surface area (Å²) in [7, 11) is 4.39. The number of hydrogen-bond donors (Lipinski definition) is 1. The summed E-state index contributed by atoms with van der Waals surface area (Å²) in [4.78, 5) is 5.05. The van der Waals surface area contributed by atoms with Crippen molar-refractivity contribution in [2.75, 3.05) is 40.3 Å². The molecule has 0 aromatic heterocycles. The van der Waals surface area contributed by atoms with E-state index in [1.807, 2.05) is 0 Å². The first-order valence-electron chi connectivity index (χ1n) is 8.38. The zero-order valence-corrected chi connectivity index (χ0v) is 13.0. The summed E-state index contributed by atoms with van der Waals surface area (Å²) in [6, 6.07) is 1.63. The maximum atomic E-state index is 3.76. The molecule has 2 rings (SSSR count). The lowest BCUT2D eigenvalue weighted by Crippen LogP contribution is -2.39. The molecule has 2 aliphatic rings. The number of nitrogens with one attached hydrogen (secondary N) is 1. The van der Waals surface area contributed by atoms with Crippen molar-refractivity contribution in [2.24, 2.45) is 0 Å². The van der Waals surface area contributed by atoms with Gasteiger partial charge < -0.3 is 10.2 Å². The minimum atomic E-state index is 0.810. The van der Waals surface area contributed by atoms with Gasteiger partial charge >= 0.3 is 0 Å². The molecule has 1 heterocycles. The Morgan fingerprint density at radius 3 is 2.58 bits per heavy atom. The molecule has 1 saturated heterocycles. The van der Waals surface area contributed by atoms with Crippen molar-refractivity contribution in [3.63, 3.8) is 0 Å². The van der Waals surface area contributed by atoms with Crippen LogP contribution in [-0.2, 0) is 0 Å². The topological polar surface area (TPSA) is 18.5 Å². The van der Waals surface area contributed by atoms with Gasteiger partial charge in [-0.2, -0.15) is 0 Å². The lowest BCUT2D eigenvalue weighted by molar-refractivity contribution is 0.204. The number of likely N-dealkylation sites (tertiary alicyclic amines) is 1. The summed E-state index contributed by atoms with van der Waals surface area (Å²) in [5.41, 5.74) is 0. The van der Waals surface area contributed by atoms with Crippen molar-refractivity contribution in [2.45, 2.75) is 63.5 Å². The summed E-state index contributed by atoms with van der Waals surface area (Å²) in [6.45, 7) is 5.06. The van der Waals surface area contributed by atoms with Gasteiger partial charge in [-0.1, -0.05) is 19.3 Å². The molecule has 1 aliphatic heterocycles. The van der Waals surface area contributed by atoms with E-state index in [0.29, 0.717) is 0 Å². The first-order valence-corrected chi connectivity index (χ1v) is 8.38. The van der Waals surface area contributed by atoms with E-state index < -0.39 is 0 Å². The van der Waals surface area contributed by atoms with Crippen LogP contribution in [0.1, 0.15) is 51.4 Å². The molecule has 0 amide bonds. The van der Waals surface area contributed by atoms with Crippen molar-refractivity contribution < 1.29 is 0 Å². The quantitative estimate of drug-likeness (QED) is 0.714. The van der Waals surface area contributed by atoms with E-state index in [4.69, 9.17) is 0 Å². The number of likely N-dealkylation sites (N-methyl/N-ethyl adjacent to an activating group) is 1. The summed E-state index contributed by atoms with van der Waals surface area (Å²) in [5.74, 6) is 0. The lowest BCUT2D eigenvalue weighted by Gasteiger charge is -2.28. The van der Waals surface area contributed by atoms with E-state index in [1.165, 1.54) is 77.5 Å². The molecule has 1 atom stereocenters. The monoisotopic (exact) mass is 267 g/mol. The van der Waals surface area contributed by atoms with Gasteiger partial charge in [0.1, 0.15) is 0 Å². The van der Waals surface area contributed by atoms with Gasteiger partial charge in [0.05, 0.1) is 0 Å². The fraction of sp³-hybridized carbons (Fsp3) is 1.00. The number of nitrogens with zero attached hydrogens (tertiary/aromatic N) is 2. The second kappa shape index (κ2) is 8.23. The molecule has 3 heteroatoms. The Balaban J connectivity index is 1.56. The first kappa shape index (κ1) is 15.3. The number of hydrogen-bond acceptors (Lipinski definition) is 3. The Bertz CT molecular complexity index is 236. The maximum Gasteiger partial charge on any atom is 0.0223 e. The van der Waals surface area contributed by atoms with Gasteiger partial charge in [0.25, 0.3) is 0 Å². The molecule has 112 valence electrons. The van der Waals surface area contributed by atoms with E-state index in [9.17, 15) is 0 Å². The largest absolute Gasteiger partial charge is 0.314 e. The third kappa shape index (κ3) is 5.41.